The molecule has 94 valence electrons. The van der Waals surface area contributed by atoms with Gasteiger partial charge in [0.05, 0.1) is 6.42 Å². The molecule has 1 atom stereocenters. The highest BCUT2D eigenvalue weighted by Gasteiger charge is 2.30. The van der Waals surface area contributed by atoms with Gasteiger partial charge in [-0.2, -0.15) is 0 Å². The van der Waals surface area contributed by atoms with Gasteiger partial charge in [0.25, 0.3) is 0 Å². The SMILES string of the molecule is O=C(O)CC1CCc2cc3c(cc2C1=O)CCC3. The van der Waals surface area contributed by atoms with Crippen LogP contribution in [0.1, 0.15) is 46.3 Å². The highest BCUT2D eigenvalue weighted by Crippen LogP contribution is 2.32. The van der Waals surface area contributed by atoms with Crippen LogP contribution in [0.3, 0.4) is 0 Å². The molecule has 0 aromatic heterocycles. The summed E-state index contributed by atoms with van der Waals surface area (Å²) in [4.78, 5) is 23.0. The number of carboxylic acid groups (broad SMARTS) is 1. The van der Waals surface area contributed by atoms with E-state index in [1.54, 1.807) is 0 Å². The summed E-state index contributed by atoms with van der Waals surface area (Å²) in [7, 11) is 0. The van der Waals surface area contributed by atoms with Crippen molar-refractivity contribution in [1.29, 1.82) is 0 Å². The number of fused-ring (bicyclic) bond motifs is 2. The van der Waals surface area contributed by atoms with Crippen LogP contribution in [0.4, 0.5) is 0 Å². The molecule has 0 fully saturated rings. The molecule has 0 spiro atoms. The molecule has 0 saturated heterocycles. The van der Waals surface area contributed by atoms with Crippen LogP contribution in [0.25, 0.3) is 0 Å². The predicted octanol–water partition coefficient (Wildman–Crippen LogP) is 2.40. The van der Waals surface area contributed by atoms with E-state index in [-0.39, 0.29) is 18.1 Å². The third kappa shape index (κ3) is 1.84. The summed E-state index contributed by atoms with van der Waals surface area (Å²) in [6, 6.07) is 4.20. The summed E-state index contributed by atoms with van der Waals surface area (Å²) in [5.41, 5.74) is 4.59. The van der Waals surface area contributed by atoms with Crippen LogP contribution in [-0.4, -0.2) is 16.9 Å². The zero-order valence-corrected chi connectivity index (χ0v) is 10.2. The van der Waals surface area contributed by atoms with Gasteiger partial charge >= 0.3 is 5.97 Å². The summed E-state index contributed by atoms with van der Waals surface area (Å²) < 4.78 is 0. The minimum atomic E-state index is -0.877. The molecule has 1 N–H and O–H groups in total. The monoisotopic (exact) mass is 244 g/mol. The summed E-state index contributed by atoms with van der Waals surface area (Å²) in [5.74, 6) is -1.17. The maximum absolute atomic E-state index is 12.3. The van der Waals surface area contributed by atoms with E-state index in [2.05, 4.69) is 6.07 Å². The van der Waals surface area contributed by atoms with Crippen molar-refractivity contribution in [3.63, 3.8) is 0 Å². The van der Waals surface area contributed by atoms with E-state index >= 15 is 0 Å². The summed E-state index contributed by atoms with van der Waals surface area (Å²) >= 11 is 0. The van der Waals surface area contributed by atoms with E-state index in [0.717, 1.165) is 30.4 Å². The molecule has 3 rings (SSSR count). The highest BCUT2D eigenvalue weighted by atomic mass is 16.4. The number of Topliss-reactive ketones (excluding diaryl/α,β-unsaturated/α-hetero) is 1. The molecule has 3 heteroatoms. The molecule has 1 aromatic carbocycles. The molecule has 18 heavy (non-hydrogen) atoms. The Morgan fingerprint density at radius 2 is 1.89 bits per heavy atom. The van der Waals surface area contributed by atoms with E-state index in [4.69, 9.17) is 5.11 Å². The second-order valence-electron chi connectivity index (χ2n) is 5.33. The fourth-order valence-corrected chi connectivity index (χ4v) is 3.20. The van der Waals surface area contributed by atoms with Gasteiger partial charge in [0.15, 0.2) is 5.78 Å². The van der Waals surface area contributed by atoms with Crippen molar-refractivity contribution in [3.8, 4) is 0 Å². The van der Waals surface area contributed by atoms with Gasteiger partial charge < -0.3 is 5.11 Å². The van der Waals surface area contributed by atoms with E-state index in [1.807, 2.05) is 6.07 Å². The second kappa shape index (κ2) is 4.23. The maximum Gasteiger partial charge on any atom is 0.304 e. The van der Waals surface area contributed by atoms with Gasteiger partial charge in [-0.15, -0.1) is 0 Å². The first-order valence-corrected chi connectivity index (χ1v) is 6.56. The Bertz CT molecular complexity index is 531. The van der Waals surface area contributed by atoms with Crippen LogP contribution in [-0.2, 0) is 24.1 Å². The number of carbonyl (C=O) groups excluding carboxylic acids is 1. The Hall–Kier alpha value is -1.64. The molecule has 3 nitrogen and oxygen atoms in total. The summed E-state index contributed by atoms with van der Waals surface area (Å²) in [5, 5.41) is 8.83. The number of aryl methyl sites for hydroxylation is 3. The Morgan fingerprint density at radius 3 is 2.61 bits per heavy atom. The fourth-order valence-electron chi connectivity index (χ4n) is 3.20. The first kappa shape index (κ1) is 11.5. The van der Waals surface area contributed by atoms with E-state index in [1.165, 1.54) is 17.5 Å². The van der Waals surface area contributed by atoms with Crippen molar-refractivity contribution in [3.05, 3.63) is 34.4 Å². The van der Waals surface area contributed by atoms with Crippen LogP contribution >= 0.6 is 0 Å². The summed E-state index contributed by atoms with van der Waals surface area (Å²) in [6.45, 7) is 0. The number of carboxylic acids is 1. The highest BCUT2D eigenvalue weighted by molar-refractivity contribution is 6.01. The topological polar surface area (TPSA) is 54.4 Å². The molecule has 0 heterocycles. The van der Waals surface area contributed by atoms with Crippen LogP contribution in [0, 0.1) is 5.92 Å². The predicted molar refractivity (Wildman–Crippen MR) is 66.9 cm³/mol. The van der Waals surface area contributed by atoms with Gasteiger partial charge in [0.1, 0.15) is 0 Å². The molecule has 0 saturated carbocycles. The maximum atomic E-state index is 12.3. The molecular weight excluding hydrogens is 228 g/mol. The van der Waals surface area contributed by atoms with Gasteiger partial charge in [0, 0.05) is 11.5 Å². The minimum Gasteiger partial charge on any atom is -0.481 e. The number of rotatable bonds is 2. The number of hydrogen-bond acceptors (Lipinski definition) is 2. The van der Waals surface area contributed by atoms with Crippen molar-refractivity contribution in [1.82, 2.24) is 0 Å². The van der Waals surface area contributed by atoms with Crippen molar-refractivity contribution in [2.75, 3.05) is 0 Å². The molecule has 0 aliphatic heterocycles. The van der Waals surface area contributed by atoms with Gasteiger partial charge in [0.2, 0.25) is 0 Å². The molecule has 2 aliphatic carbocycles. The molecule has 0 radical (unpaired) electrons. The quantitative estimate of drug-likeness (QED) is 0.869. The van der Waals surface area contributed by atoms with Crippen molar-refractivity contribution in [2.45, 2.75) is 38.5 Å². The third-order valence-electron chi connectivity index (χ3n) is 4.14. The van der Waals surface area contributed by atoms with E-state index in [0.29, 0.717) is 6.42 Å². The largest absolute Gasteiger partial charge is 0.481 e. The van der Waals surface area contributed by atoms with E-state index in [9.17, 15) is 9.59 Å². The van der Waals surface area contributed by atoms with Crippen molar-refractivity contribution in [2.24, 2.45) is 5.92 Å². The van der Waals surface area contributed by atoms with Crippen molar-refractivity contribution >= 4 is 11.8 Å². The van der Waals surface area contributed by atoms with Gasteiger partial charge in [-0.25, -0.2) is 0 Å². The second-order valence-corrected chi connectivity index (χ2v) is 5.33. The molecule has 0 bridgehead atoms. The summed E-state index contributed by atoms with van der Waals surface area (Å²) in [6.07, 6.45) is 4.83. The Balaban J connectivity index is 1.95. The number of hydrogen-bond donors (Lipinski definition) is 1. The van der Waals surface area contributed by atoms with Crippen LogP contribution in [0.2, 0.25) is 0 Å². The lowest BCUT2D eigenvalue weighted by atomic mass is 9.80. The third-order valence-corrected chi connectivity index (χ3v) is 4.14. The smallest absolute Gasteiger partial charge is 0.304 e. The molecule has 1 aromatic rings. The van der Waals surface area contributed by atoms with Crippen LogP contribution in [0.5, 0.6) is 0 Å². The zero-order valence-electron chi connectivity index (χ0n) is 10.2. The Morgan fingerprint density at radius 1 is 1.17 bits per heavy atom. The first-order chi connectivity index (χ1) is 8.65. The Kier molecular flexibility index (Phi) is 2.69. The van der Waals surface area contributed by atoms with Crippen LogP contribution < -0.4 is 0 Å². The first-order valence-electron chi connectivity index (χ1n) is 6.56. The molecule has 2 aliphatic rings. The lowest BCUT2D eigenvalue weighted by molar-refractivity contribution is -0.137. The van der Waals surface area contributed by atoms with Crippen molar-refractivity contribution < 1.29 is 14.7 Å². The fraction of sp³-hybridized carbons (Fsp3) is 0.467. The van der Waals surface area contributed by atoms with Crippen LogP contribution in [0.15, 0.2) is 12.1 Å². The number of ketones is 1. The lowest BCUT2D eigenvalue weighted by Crippen LogP contribution is -2.25. The zero-order chi connectivity index (χ0) is 12.7. The van der Waals surface area contributed by atoms with Gasteiger partial charge in [-0.05, 0) is 54.9 Å². The number of carbonyl (C=O) groups is 2. The van der Waals surface area contributed by atoms with Gasteiger partial charge in [-0.3, -0.25) is 9.59 Å². The molecule has 1 unspecified atom stereocenters. The van der Waals surface area contributed by atoms with E-state index < -0.39 is 5.97 Å². The Labute approximate surface area is 106 Å². The average molecular weight is 244 g/mol. The normalized spacial score (nSPS) is 21.6. The molecule has 0 amide bonds. The lowest BCUT2D eigenvalue weighted by Gasteiger charge is -2.23. The average Bonchev–Trinajstić information content (AvgIpc) is 2.77. The standard InChI is InChI=1S/C15H16O3/c16-14(17)8-12-5-4-11-6-9-2-1-3-10(9)7-13(11)15(12)18/h6-7,12H,1-5,8H2,(H,16,17). The number of aliphatic carboxylic acids is 1. The molecular formula is C15H16O3. The van der Waals surface area contributed by atoms with Gasteiger partial charge in [-0.1, -0.05) is 6.07 Å². The number of benzene rings is 1. The minimum absolute atomic E-state index is 0.0324.